The first kappa shape index (κ1) is 26.3. The van der Waals surface area contributed by atoms with Crippen LogP contribution in [0.15, 0.2) is 121 Å². The van der Waals surface area contributed by atoms with Gasteiger partial charge in [-0.25, -0.2) is 0 Å². The highest BCUT2D eigenvalue weighted by Gasteiger charge is 2.25. The summed E-state index contributed by atoms with van der Waals surface area (Å²) in [5.41, 5.74) is 15.8. The maximum Gasteiger partial charge on any atom is -0.00297 e. The zero-order valence-corrected chi connectivity index (χ0v) is 26.2. The van der Waals surface area contributed by atoms with Gasteiger partial charge in [0.05, 0.1) is 0 Å². The molecule has 5 aromatic rings. The Morgan fingerprint density at radius 1 is 0.565 bits per heavy atom. The molecular weight excluding hydrogens is 553 g/mol. The molecule has 0 N–H and O–H groups in total. The van der Waals surface area contributed by atoms with Crippen LogP contribution in [0.2, 0.25) is 0 Å². The Hall–Kier alpha value is -4.94. The molecule has 5 aliphatic rings. The van der Waals surface area contributed by atoms with Crippen LogP contribution in [0.25, 0.3) is 61.9 Å². The number of hydrogen-bond acceptors (Lipinski definition) is 0. The van der Waals surface area contributed by atoms with Crippen molar-refractivity contribution >= 4 is 39.6 Å². The van der Waals surface area contributed by atoms with Crippen molar-refractivity contribution in [1.29, 1.82) is 0 Å². The molecular formula is C46H36. The molecule has 0 nitrogen and oxygen atoms in total. The highest BCUT2D eigenvalue weighted by atomic mass is 14.3. The van der Waals surface area contributed by atoms with E-state index in [0.29, 0.717) is 5.92 Å². The average Bonchev–Trinajstić information content (AvgIpc) is 3.45. The summed E-state index contributed by atoms with van der Waals surface area (Å²) in [6.45, 7) is 0. The lowest BCUT2D eigenvalue weighted by Crippen LogP contribution is -2.33. The van der Waals surface area contributed by atoms with E-state index in [0.717, 1.165) is 32.1 Å². The fourth-order valence-electron chi connectivity index (χ4n) is 9.21. The second-order valence-electron chi connectivity index (χ2n) is 13.7. The Morgan fingerprint density at radius 2 is 1.26 bits per heavy atom. The molecule has 0 saturated heterocycles. The Bertz CT molecular complexity index is 2480. The van der Waals surface area contributed by atoms with E-state index in [1.807, 2.05) is 0 Å². The molecule has 0 aromatic heterocycles. The molecule has 220 valence electrons. The lowest BCUT2D eigenvalue weighted by atomic mass is 9.77. The predicted octanol–water partition coefficient (Wildman–Crippen LogP) is 8.71. The summed E-state index contributed by atoms with van der Waals surface area (Å²) in [5, 5.41) is 8.54. The van der Waals surface area contributed by atoms with Crippen molar-refractivity contribution in [2.24, 2.45) is 5.92 Å². The fourth-order valence-corrected chi connectivity index (χ4v) is 9.21. The van der Waals surface area contributed by atoms with Crippen molar-refractivity contribution in [1.82, 2.24) is 0 Å². The Kier molecular flexibility index (Phi) is 5.88. The fraction of sp³-hybridized carbons (Fsp3) is 0.174. The number of rotatable bonds is 3. The van der Waals surface area contributed by atoms with Crippen LogP contribution in [-0.2, 0) is 0 Å². The van der Waals surface area contributed by atoms with Gasteiger partial charge in [-0.1, -0.05) is 127 Å². The van der Waals surface area contributed by atoms with E-state index in [9.17, 15) is 0 Å². The first-order valence-electron chi connectivity index (χ1n) is 17.2. The van der Waals surface area contributed by atoms with Crippen molar-refractivity contribution in [3.05, 3.63) is 158 Å². The molecule has 5 aliphatic carbocycles. The van der Waals surface area contributed by atoms with Crippen LogP contribution < -0.4 is 20.9 Å². The van der Waals surface area contributed by atoms with Crippen LogP contribution in [0.4, 0.5) is 0 Å². The van der Waals surface area contributed by atoms with Gasteiger partial charge in [0.1, 0.15) is 0 Å². The second kappa shape index (κ2) is 10.3. The molecule has 0 heterocycles. The van der Waals surface area contributed by atoms with Gasteiger partial charge in [-0.05, 0) is 144 Å². The van der Waals surface area contributed by atoms with Gasteiger partial charge in [-0.15, -0.1) is 0 Å². The maximum atomic E-state index is 2.53. The van der Waals surface area contributed by atoms with E-state index in [4.69, 9.17) is 0 Å². The lowest BCUT2D eigenvalue weighted by Gasteiger charge is -2.27. The first-order chi connectivity index (χ1) is 22.8. The summed E-state index contributed by atoms with van der Waals surface area (Å²) < 4.78 is 0. The normalized spacial score (nSPS) is 18.9. The standard InChI is InChI=1S/C46H36/c1-2-11-32-28-33(25-20-29(32)10-1)45-41-16-7-5-14-39(41)44(40-15-6-8-17-42(40)45)31-23-21-30(22-24-31)34-26-27-43-36-13-4-3-12-35(36)38-19-9-18-37(34)46(38)43/h1-5,7,9,11-19,21-24,28-29H,6,8,10,20,25-27H2. The molecule has 0 bridgehead atoms. The zero-order chi connectivity index (χ0) is 30.2. The third-order valence-electron chi connectivity index (χ3n) is 11.3. The largest absolute Gasteiger partial charge is 0.0839 e. The topological polar surface area (TPSA) is 0 Å². The van der Waals surface area contributed by atoms with Crippen LogP contribution in [-0.4, -0.2) is 0 Å². The highest BCUT2D eigenvalue weighted by Crippen LogP contribution is 2.40. The van der Waals surface area contributed by atoms with Crippen LogP contribution in [0.3, 0.4) is 0 Å². The summed E-state index contributed by atoms with van der Waals surface area (Å²) in [4.78, 5) is 0. The monoisotopic (exact) mass is 588 g/mol. The van der Waals surface area contributed by atoms with Crippen LogP contribution in [0, 0.1) is 5.92 Å². The number of allylic oxidation sites excluding steroid dienone is 6. The minimum atomic E-state index is 0.683. The number of fused-ring (bicyclic) bond motifs is 6. The summed E-state index contributed by atoms with van der Waals surface area (Å²) >= 11 is 0. The molecule has 0 fully saturated rings. The number of benzene rings is 5. The summed E-state index contributed by atoms with van der Waals surface area (Å²) in [7, 11) is 0. The molecule has 10 rings (SSSR count). The summed E-state index contributed by atoms with van der Waals surface area (Å²) in [6, 6.07) is 34.6. The SMILES string of the molecule is C1=CCC2CCC(c3c4c(c(-c5ccc(C6=c7cccc8c7=C(CC6)c6ccccc6-8)cc5)c5ccccc35)=CCCC=4)=CC2=C1. The Morgan fingerprint density at radius 3 is 2.11 bits per heavy atom. The van der Waals surface area contributed by atoms with E-state index in [2.05, 4.69) is 127 Å². The van der Waals surface area contributed by atoms with Gasteiger partial charge in [0, 0.05) is 0 Å². The third-order valence-corrected chi connectivity index (χ3v) is 11.3. The van der Waals surface area contributed by atoms with Gasteiger partial charge >= 0.3 is 0 Å². The third kappa shape index (κ3) is 3.86. The zero-order valence-electron chi connectivity index (χ0n) is 26.2. The van der Waals surface area contributed by atoms with Gasteiger partial charge in [-0.3, -0.25) is 0 Å². The Labute approximate surface area is 270 Å². The quantitative estimate of drug-likeness (QED) is 0.198. The van der Waals surface area contributed by atoms with E-state index < -0.39 is 0 Å². The van der Waals surface area contributed by atoms with Gasteiger partial charge in [0.25, 0.3) is 0 Å². The molecule has 0 heteroatoms. The molecule has 46 heavy (non-hydrogen) atoms. The van der Waals surface area contributed by atoms with Crippen molar-refractivity contribution < 1.29 is 0 Å². The van der Waals surface area contributed by atoms with Crippen molar-refractivity contribution in [3.63, 3.8) is 0 Å². The lowest BCUT2D eigenvalue weighted by molar-refractivity contribution is 0.572. The van der Waals surface area contributed by atoms with Crippen molar-refractivity contribution in [2.75, 3.05) is 0 Å². The molecule has 0 amide bonds. The van der Waals surface area contributed by atoms with Gasteiger partial charge in [-0.2, -0.15) is 0 Å². The van der Waals surface area contributed by atoms with Crippen molar-refractivity contribution in [2.45, 2.75) is 44.9 Å². The number of hydrogen-bond donors (Lipinski definition) is 0. The van der Waals surface area contributed by atoms with Crippen LogP contribution >= 0.6 is 0 Å². The summed E-state index contributed by atoms with van der Waals surface area (Å²) in [5.74, 6) is 0.683. The molecule has 0 spiro atoms. The van der Waals surface area contributed by atoms with E-state index >= 15 is 0 Å². The Balaban J connectivity index is 1.15. The smallest absolute Gasteiger partial charge is 0.00297 e. The molecule has 5 aromatic carbocycles. The first-order valence-corrected chi connectivity index (χ1v) is 17.2. The van der Waals surface area contributed by atoms with E-state index in [1.54, 1.807) is 0 Å². The van der Waals surface area contributed by atoms with E-state index in [1.165, 1.54) is 106 Å². The van der Waals surface area contributed by atoms with Gasteiger partial charge < -0.3 is 0 Å². The van der Waals surface area contributed by atoms with Crippen molar-refractivity contribution in [3.8, 4) is 22.3 Å². The minimum Gasteiger partial charge on any atom is -0.0839 e. The molecule has 1 unspecified atom stereocenters. The highest BCUT2D eigenvalue weighted by molar-refractivity contribution is 6.04. The predicted molar refractivity (Wildman–Crippen MR) is 195 cm³/mol. The molecule has 0 radical (unpaired) electrons. The summed E-state index contributed by atoms with van der Waals surface area (Å²) in [6.07, 6.45) is 22.5. The molecule has 0 saturated carbocycles. The van der Waals surface area contributed by atoms with Crippen LogP contribution in [0.5, 0.6) is 0 Å². The molecule has 0 aliphatic heterocycles. The minimum absolute atomic E-state index is 0.683. The second-order valence-corrected chi connectivity index (χ2v) is 13.7. The van der Waals surface area contributed by atoms with Gasteiger partial charge in [0.15, 0.2) is 0 Å². The maximum absolute atomic E-state index is 2.53. The van der Waals surface area contributed by atoms with E-state index in [-0.39, 0.29) is 0 Å². The molecule has 1 atom stereocenters. The average molecular weight is 589 g/mol. The van der Waals surface area contributed by atoms with Gasteiger partial charge in [0.2, 0.25) is 0 Å². The van der Waals surface area contributed by atoms with Crippen LogP contribution in [0.1, 0.15) is 61.6 Å².